The van der Waals surface area contributed by atoms with E-state index >= 15 is 0 Å². The molecule has 0 aliphatic rings. The maximum atomic E-state index is 5.13. The number of methoxy groups -OCH3 is 1. The summed E-state index contributed by atoms with van der Waals surface area (Å²) >= 11 is 0. The number of rotatable bonds is 3. The first-order chi connectivity index (χ1) is 5.33. The van der Waals surface area contributed by atoms with E-state index in [1.54, 1.807) is 13.3 Å². The lowest BCUT2D eigenvalue weighted by Crippen LogP contribution is -1.98. The molecular formula is C8H11NO2. The van der Waals surface area contributed by atoms with Crippen LogP contribution in [0.2, 0.25) is 0 Å². The largest absolute Gasteiger partial charge is 0.466 e. The van der Waals surface area contributed by atoms with Gasteiger partial charge in [-0.25, -0.2) is 0 Å². The minimum absolute atomic E-state index is 0.269. The molecule has 0 bridgehead atoms. The number of aryl methyl sites for hydroxylation is 1. The minimum Gasteiger partial charge on any atom is -0.466 e. The van der Waals surface area contributed by atoms with Crippen LogP contribution in [0.4, 0.5) is 0 Å². The fraction of sp³-hybridized carbons (Fsp3) is 0.375. The summed E-state index contributed by atoms with van der Waals surface area (Å²) in [4.78, 5) is 4.05. The Morgan fingerprint density at radius 1 is 1.45 bits per heavy atom. The van der Waals surface area contributed by atoms with Crippen molar-refractivity contribution in [1.82, 2.24) is 4.98 Å². The lowest BCUT2D eigenvalue weighted by atomic mass is 10.4. The lowest BCUT2D eigenvalue weighted by Gasteiger charge is -2.02. The zero-order valence-corrected chi connectivity index (χ0v) is 6.70. The van der Waals surface area contributed by atoms with E-state index in [0.29, 0.717) is 0 Å². The molecule has 0 saturated carbocycles. The van der Waals surface area contributed by atoms with Gasteiger partial charge in [-0.3, -0.25) is 4.98 Å². The van der Waals surface area contributed by atoms with E-state index in [1.165, 1.54) is 0 Å². The van der Waals surface area contributed by atoms with Crippen molar-refractivity contribution >= 4 is 0 Å². The summed E-state index contributed by atoms with van der Waals surface area (Å²) in [5, 5.41) is 0. The van der Waals surface area contributed by atoms with E-state index in [2.05, 4.69) is 4.98 Å². The fourth-order valence-corrected chi connectivity index (χ4v) is 0.667. The SMILES string of the molecule is COCOc1ccc(C)nc1. The van der Waals surface area contributed by atoms with Gasteiger partial charge in [0, 0.05) is 12.8 Å². The first-order valence-electron chi connectivity index (χ1n) is 3.37. The Hall–Kier alpha value is -1.09. The lowest BCUT2D eigenvalue weighted by molar-refractivity contribution is 0.0508. The second-order valence-corrected chi connectivity index (χ2v) is 2.19. The van der Waals surface area contributed by atoms with E-state index in [1.807, 2.05) is 19.1 Å². The van der Waals surface area contributed by atoms with Crippen LogP contribution in [-0.2, 0) is 4.74 Å². The molecule has 1 aromatic heterocycles. The molecule has 1 aromatic rings. The number of nitrogens with zero attached hydrogens (tertiary/aromatic N) is 1. The summed E-state index contributed by atoms with van der Waals surface area (Å²) in [5.41, 5.74) is 0.981. The van der Waals surface area contributed by atoms with E-state index in [-0.39, 0.29) is 6.79 Å². The normalized spacial score (nSPS) is 9.64. The number of pyridine rings is 1. The maximum absolute atomic E-state index is 5.13. The molecule has 0 radical (unpaired) electrons. The van der Waals surface area contributed by atoms with Gasteiger partial charge in [-0.2, -0.15) is 0 Å². The van der Waals surface area contributed by atoms with Gasteiger partial charge in [0.2, 0.25) is 0 Å². The summed E-state index contributed by atoms with van der Waals surface area (Å²) in [6, 6.07) is 3.76. The van der Waals surface area contributed by atoms with Gasteiger partial charge in [-0.1, -0.05) is 0 Å². The molecule has 0 spiro atoms. The number of aromatic nitrogens is 1. The van der Waals surface area contributed by atoms with Crippen LogP contribution in [0.25, 0.3) is 0 Å². The van der Waals surface area contributed by atoms with Crippen LogP contribution in [0, 0.1) is 6.92 Å². The molecule has 0 aliphatic carbocycles. The van der Waals surface area contributed by atoms with E-state index in [9.17, 15) is 0 Å². The monoisotopic (exact) mass is 153 g/mol. The highest BCUT2D eigenvalue weighted by Gasteiger charge is 1.90. The second kappa shape index (κ2) is 3.93. The standard InChI is InChI=1S/C8H11NO2/c1-7-3-4-8(5-9-7)11-6-10-2/h3-5H,6H2,1-2H3. The Labute approximate surface area is 66.0 Å². The third-order valence-electron chi connectivity index (χ3n) is 1.23. The van der Waals surface area contributed by atoms with Crippen LogP contribution < -0.4 is 4.74 Å². The Kier molecular flexibility index (Phi) is 2.86. The van der Waals surface area contributed by atoms with Crippen LogP contribution in [0.1, 0.15) is 5.69 Å². The van der Waals surface area contributed by atoms with Crippen molar-refractivity contribution in [2.45, 2.75) is 6.92 Å². The van der Waals surface area contributed by atoms with Gasteiger partial charge in [-0.15, -0.1) is 0 Å². The van der Waals surface area contributed by atoms with Crippen LogP contribution in [0.5, 0.6) is 5.75 Å². The summed E-state index contributed by atoms with van der Waals surface area (Å²) in [6.45, 7) is 2.20. The Bertz CT molecular complexity index is 208. The smallest absolute Gasteiger partial charge is 0.188 e. The van der Waals surface area contributed by atoms with Crippen molar-refractivity contribution in [3.63, 3.8) is 0 Å². The molecule has 0 atom stereocenters. The summed E-state index contributed by atoms with van der Waals surface area (Å²) in [7, 11) is 1.58. The van der Waals surface area contributed by atoms with Crippen LogP contribution in [0.3, 0.4) is 0 Å². The van der Waals surface area contributed by atoms with Crippen LogP contribution >= 0.6 is 0 Å². The molecule has 1 rings (SSSR count). The molecule has 0 fully saturated rings. The number of hydrogen-bond acceptors (Lipinski definition) is 3. The molecule has 3 heteroatoms. The average Bonchev–Trinajstić information content (AvgIpc) is 2.04. The van der Waals surface area contributed by atoms with Gasteiger partial charge in [-0.05, 0) is 19.1 Å². The van der Waals surface area contributed by atoms with Gasteiger partial charge in [0.25, 0.3) is 0 Å². The van der Waals surface area contributed by atoms with E-state index in [4.69, 9.17) is 9.47 Å². The molecule has 0 amide bonds. The van der Waals surface area contributed by atoms with Gasteiger partial charge in [0.1, 0.15) is 5.75 Å². The molecule has 0 saturated heterocycles. The molecule has 3 nitrogen and oxygen atoms in total. The van der Waals surface area contributed by atoms with Crippen molar-refractivity contribution in [3.8, 4) is 5.75 Å². The minimum atomic E-state index is 0.269. The molecule has 11 heavy (non-hydrogen) atoms. The first kappa shape index (κ1) is 8.01. The highest BCUT2D eigenvalue weighted by molar-refractivity contribution is 5.18. The first-order valence-corrected chi connectivity index (χ1v) is 3.37. The van der Waals surface area contributed by atoms with Crippen molar-refractivity contribution in [1.29, 1.82) is 0 Å². The van der Waals surface area contributed by atoms with Gasteiger partial charge >= 0.3 is 0 Å². The van der Waals surface area contributed by atoms with Crippen molar-refractivity contribution in [2.75, 3.05) is 13.9 Å². The molecule has 0 aliphatic heterocycles. The van der Waals surface area contributed by atoms with Gasteiger partial charge < -0.3 is 9.47 Å². The molecule has 0 N–H and O–H groups in total. The zero-order chi connectivity index (χ0) is 8.10. The highest BCUT2D eigenvalue weighted by Crippen LogP contribution is 2.07. The van der Waals surface area contributed by atoms with Crippen molar-refractivity contribution in [3.05, 3.63) is 24.0 Å². The zero-order valence-electron chi connectivity index (χ0n) is 6.70. The molecular weight excluding hydrogens is 142 g/mol. The number of hydrogen-bond donors (Lipinski definition) is 0. The third-order valence-corrected chi connectivity index (χ3v) is 1.23. The fourth-order valence-electron chi connectivity index (χ4n) is 0.667. The van der Waals surface area contributed by atoms with E-state index in [0.717, 1.165) is 11.4 Å². The Morgan fingerprint density at radius 3 is 2.82 bits per heavy atom. The van der Waals surface area contributed by atoms with Gasteiger partial charge in [0.15, 0.2) is 6.79 Å². The molecule has 0 unspecified atom stereocenters. The third kappa shape index (κ3) is 2.55. The molecule has 1 heterocycles. The quantitative estimate of drug-likeness (QED) is 0.614. The molecule has 60 valence electrons. The highest BCUT2D eigenvalue weighted by atomic mass is 16.7. The summed E-state index contributed by atoms with van der Waals surface area (Å²) in [6.07, 6.45) is 1.67. The van der Waals surface area contributed by atoms with Crippen LogP contribution in [-0.4, -0.2) is 18.9 Å². The van der Waals surface area contributed by atoms with Crippen molar-refractivity contribution in [2.24, 2.45) is 0 Å². The summed E-state index contributed by atoms with van der Waals surface area (Å²) < 4.78 is 9.85. The number of ether oxygens (including phenoxy) is 2. The average molecular weight is 153 g/mol. The van der Waals surface area contributed by atoms with Crippen LogP contribution in [0.15, 0.2) is 18.3 Å². The van der Waals surface area contributed by atoms with E-state index < -0.39 is 0 Å². The Morgan fingerprint density at radius 2 is 2.27 bits per heavy atom. The summed E-state index contributed by atoms with van der Waals surface area (Å²) in [5.74, 6) is 0.734. The second-order valence-electron chi connectivity index (χ2n) is 2.19. The van der Waals surface area contributed by atoms with Gasteiger partial charge in [0.05, 0.1) is 6.20 Å². The molecule has 0 aromatic carbocycles. The maximum Gasteiger partial charge on any atom is 0.188 e. The van der Waals surface area contributed by atoms with Crippen molar-refractivity contribution < 1.29 is 9.47 Å². The Balaban J connectivity index is 2.52. The topological polar surface area (TPSA) is 31.4 Å². The predicted octanol–water partition coefficient (Wildman–Crippen LogP) is 1.37. The predicted molar refractivity (Wildman–Crippen MR) is 41.5 cm³/mol.